The van der Waals surface area contributed by atoms with Crippen molar-refractivity contribution < 1.29 is 21.9 Å². The number of ether oxygens (including phenoxy) is 1. The molecule has 0 radical (unpaired) electrons. The van der Waals surface area contributed by atoms with Crippen molar-refractivity contribution in [2.24, 2.45) is 4.99 Å². The molecule has 1 aliphatic heterocycles. The third-order valence-corrected chi connectivity index (χ3v) is 5.73. The number of pyridine rings is 1. The summed E-state index contributed by atoms with van der Waals surface area (Å²) in [5.41, 5.74) is 2.93. The number of H-pyrrole nitrogens is 1. The van der Waals surface area contributed by atoms with Gasteiger partial charge in [-0.15, -0.1) is 0 Å². The summed E-state index contributed by atoms with van der Waals surface area (Å²) in [5, 5.41) is 0. The summed E-state index contributed by atoms with van der Waals surface area (Å²) in [4.78, 5) is 11.6. The average molecular weight is 436 g/mol. The Morgan fingerprint density at radius 3 is 2.80 bits per heavy atom. The monoisotopic (exact) mass is 436 g/mol. The van der Waals surface area contributed by atoms with Gasteiger partial charge in [-0.1, -0.05) is 18.7 Å². The molecule has 0 aliphatic carbocycles. The van der Waals surface area contributed by atoms with Crippen LogP contribution >= 0.6 is 0 Å². The van der Waals surface area contributed by atoms with Gasteiger partial charge >= 0.3 is 0 Å². The minimum Gasteiger partial charge on any atom is -0.485 e. The van der Waals surface area contributed by atoms with Gasteiger partial charge < -0.3 is 9.72 Å². The van der Waals surface area contributed by atoms with E-state index in [1.807, 2.05) is 13.0 Å². The second-order valence-electron chi connectivity index (χ2n) is 6.71. The number of halogens is 2. The Bertz CT molecular complexity index is 1120. The van der Waals surface area contributed by atoms with E-state index in [0.717, 1.165) is 17.8 Å². The molecule has 0 aromatic carbocycles. The highest BCUT2D eigenvalue weighted by Gasteiger charge is 2.21. The van der Waals surface area contributed by atoms with Crippen molar-refractivity contribution in [1.82, 2.24) is 9.97 Å². The number of aromatic amines is 1. The molecule has 160 valence electrons. The van der Waals surface area contributed by atoms with E-state index in [4.69, 9.17) is 4.74 Å². The Morgan fingerprint density at radius 2 is 2.13 bits per heavy atom. The molecular weight excluding hydrogens is 414 g/mol. The number of sulfonamides is 1. The Labute approximate surface area is 173 Å². The van der Waals surface area contributed by atoms with Crippen LogP contribution in [0.15, 0.2) is 46.6 Å². The van der Waals surface area contributed by atoms with E-state index >= 15 is 0 Å². The zero-order valence-electron chi connectivity index (χ0n) is 16.6. The molecule has 0 amide bonds. The maximum Gasteiger partial charge on any atom is 0.272 e. The fourth-order valence-electron chi connectivity index (χ4n) is 3.04. The van der Waals surface area contributed by atoms with Gasteiger partial charge in [0, 0.05) is 17.5 Å². The molecule has 3 rings (SSSR count). The van der Waals surface area contributed by atoms with E-state index in [9.17, 15) is 17.2 Å². The fraction of sp³-hybridized carbons (Fsp3) is 0.300. The van der Waals surface area contributed by atoms with Crippen LogP contribution in [0.4, 0.5) is 14.6 Å². The van der Waals surface area contributed by atoms with E-state index in [1.54, 1.807) is 0 Å². The topological polar surface area (TPSA) is 96.4 Å². The lowest BCUT2D eigenvalue weighted by Crippen LogP contribution is -2.15. The van der Waals surface area contributed by atoms with E-state index in [2.05, 4.69) is 26.3 Å². The highest BCUT2D eigenvalue weighted by atomic mass is 32.2. The van der Waals surface area contributed by atoms with E-state index < -0.39 is 23.1 Å². The van der Waals surface area contributed by atoms with Crippen LogP contribution in [0.2, 0.25) is 0 Å². The molecule has 0 saturated heterocycles. The fourth-order valence-corrected chi connectivity index (χ4v) is 4.03. The number of aryl methyl sites for hydroxylation is 1. The largest absolute Gasteiger partial charge is 0.485 e. The molecule has 2 aromatic heterocycles. The first kappa shape index (κ1) is 21.7. The number of allylic oxidation sites excluding steroid dienone is 2. The second kappa shape index (κ2) is 8.78. The van der Waals surface area contributed by atoms with Crippen molar-refractivity contribution in [3.8, 4) is 5.75 Å². The Hall–Kier alpha value is -3.01. The average Bonchev–Trinajstić information content (AvgIpc) is 3.17. The molecule has 0 bridgehead atoms. The van der Waals surface area contributed by atoms with Crippen LogP contribution in [0.3, 0.4) is 0 Å². The lowest BCUT2D eigenvalue weighted by Gasteiger charge is -2.14. The van der Waals surface area contributed by atoms with Crippen LogP contribution in [-0.4, -0.2) is 37.1 Å². The molecule has 2 aromatic rings. The van der Waals surface area contributed by atoms with Crippen LogP contribution in [-0.2, 0) is 10.0 Å². The minimum atomic E-state index is -3.93. The van der Waals surface area contributed by atoms with E-state index in [0.29, 0.717) is 17.7 Å². The molecule has 7 nitrogen and oxygen atoms in total. The van der Waals surface area contributed by atoms with Gasteiger partial charge in [-0.25, -0.2) is 22.2 Å². The van der Waals surface area contributed by atoms with Crippen LogP contribution in [0.25, 0.3) is 6.08 Å². The van der Waals surface area contributed by atoms with Crippen molar-refractivity contribution in [2.45, 2.75) is 38.0 Å². The summed E-state index contributed by atoms with van der Waals surface area (Å²) in [6.07, 6.45) is 3.71. The van der Waals surface area contributed by atoms with Gasteiger partial charge in [0.1, 0.15) is 23.1 Å². The molecule has 0 atom stereocenters. The van der Waals surface area contributed by atoms with Gasteiger partial charge in [0.25, 0.3) is 16.4 Å². The maximum atomic E-state index is 12.8. The number of alkyl halides is 2. The predicted molar refractivity (Wildman–Crippen MR) is 112 cm³/mol. The van der Waals surface area contributed by atoms with Crippen LogP contribution in [0, 0.1) is 6.92 Å². The number of aliphatic imine (C=N–C) groups is 1. The number of aromatic nitrogens is 2. The third kappa shape index (κ3) is 4.93. The highest BCUT2D eigenvalue weighted by molar-refractivity contribution is 7.92. The van der Waals surface area contributed by atoms with Gasteiger partial charge in [0.15, 0.2) is 0 Å². The molecule has 3 heterocycles. The van der Waals surface area contributed by atoms with E-state index in [-0.39, 0.29) is 22.2 Å². The van der Waals surface area contributed by atoms with E-state index in [1.165, 1.54) is 31.3 Å². The first-order valence-electron chi connectivity index (χ1n) is 9.20. The summed E-state index contributed by atoms with van der Waals surface area (Å²) >= 11 is 0. The summed E-state index contributed by atoms with van der Waals surface area (Å²) in [7, 11) is -3.93. The highest BCUT2D eigenvalue weighted by Crippen LogP contribution is 2.28. The van der Waals surface area contributed by atoms with Crippen LogP contribution in [0.1, 0.15) is 36.7 Å². The van der Waals surface area contributed by atoms with Crippen molar-refractivity contribution >= 4 is 27.6 Å². The number of nitrogens with zero attached hydrogens (tertiary/aromatic N) is 2. The van der Waals surface area contributed by atoms with Gasteiger partial charge in [-0.3, -0.25) is 9.71 Å². The molecule has 30 heavy (non-hydrogen) atoms. The lowest BCUT2D eigenvalue weighted by atomic mass is 10.1. The lowest BCUT2D eigenvalue weighted by molar-refractivity contribution is 0.0813. The Morgan fingerprint density at radius 1 is 1.37 bits per heavy atom. The quantitative estimate of drug-likeness (QED) is 0.645. The van der Waals surface area contributed by atoms with Crippen molar-refractivity contribution in [3.63, 3.8) is 0 Å². The number of hydrogen-bond donors (Lipinski definition) is 2. The molecule has 0 spiro atoms. The molecule has 10 heteroatoms. The molecular formula is C20H22F2N4O3S. The summed E-state index contributed by atoms with van der Waals surface area (Å²) < 4.78 is 58.0. The van der Waals surface area contributed by atoms with Gasteiger partial charge in [0.2, 0.25) is 0 Å². The first-order valence-corrected chi connectivity index (χ1v) is 10.7. The molecule has 1 aliphatic rings. The standard InChI is InChI=1S/C20H22F2N4O3S/c1-4-14-8-19(25-13(3)20(14)29-11-18(21)22)26-30(27,28)15-9-17(23-10-15)16-7-5-6-12(2)24-16/h4,6,8-10,18,23H,1,5,7,11H2,2-3H3,(H,25,26). The van der Waals surface area contributed by atoms with Gasteiger partial charge in [0.05, 0.1) is 17.1 Å². The Kier molecular flexibility index (Phi) is 6.35. The van der Waals surface area contributed by atoms with Crippen LogP contribution in [0.5, 0.6) is 5.75 Å². The minimum absolute atomic E-state index is 0.0309. The zero-order chi connectivity index (χ0) is 21.9. The van der Waals surface area contributed by atoms with Crippen molar-refractivity contribution in [1.29, 1.82) is 0 Å². The van der Waals surface area contributed by atoms with Gasteiger partial charge in [-0.2, -0.15) is 0 Å². The maximum absolute atomic E-state index is 12.8. The second-order valence-corrected chi connectivity index (χ2v) is 8.40. The number of nitrogens with one attached hydrogen (secondary N) is 2. The molecule has 2 N–H and O–H groups in total. The normalized spacial score (nSPS) is 14.3. The predicted octanol–water partition coefficient (Wildman–Crippen LogP) is 4.29. The summed E-state index contributed by atoms with van der Waals surface area (Å²) in [5.74, 6) is 0.166. The van der Waals surface area contributed by atoms with Crippen molar-refractivity contribution in [3.05, 3.63) is 53.6 Å². The van der Waals surface area contributed by atoms with Crippen LogP contribution < -0.4 is 9.46 Å². The molecule has 0 saturated carbocycles. The summed E-state index contributed by atoms with van der Waals surface area (Å²) in [6.45, 7) is 6.26. The first-order chi connectivity index (χ1) is 14.2. The summed E-state index contributed by atoms with van der Waals surface area (Å²) in [6, 6.07) is 2.90. The van der Waals surface area contributed by atoms with Crippen molar-refractivity contribution in [2.75, 3.05) is 11.3 Å². The number of hydrogen-bond acceptors (Lipinski definition) is 5. The molecule has 0 fully saturated rings. The molecule has 0 unspecified atom stereocenters. The SMILES string of the molecule is C=Cc1cc(NS(=O)(=O)c2c[nH]c(C3=NC(C)=CCC3)c2)nc(C)c1OCC(F)F. The third-order valence-electron chi connectivity index (χ3n) is 4.39. The zero-order valence-corrected chi connectivity index (χ0v) is 17.4. The number of rotatable bonds is 8. The smallest absolute Gasteiger partial charge is 0.272 e. The Balaban J connectivity index is 1.84. The van der Waals surface area contributed by atoms with Gasteiger partial charge in [-0.05, 0) is 38.8 Å². The number of anilines is 1.